The van der Waals surface area contributed by atoms with E-state index in [2.05, 4.69) is 20.9 Å². The molecule has 2 aromatic heterocycles. The number of fused-ring (bicyclic) bond motifs is 1. The zero-order valence-electron chi connectivity index (χ0n) is 17.4. The van der Waals surface area contributed by atoms with Crippen molar-refractivity contribution in [2.24, 2.45) is 0 Å². The summed E-state index contributed by atoms with van der Waals surface area (Å²) in [6, 6.07) is 11.1. The number of carbonyl (C=O) groups excluding carboxylic acids is 2. The van der Waals surface area contributed by atoms with Gasteiger partial charge in [-0.3, -0.25) is 9.59 Å². The van der Waals surface area contributed by atoms with Crippen LogP contribution in [0.3, 0.4) is 0 Å². The van der Waals surface area contributed by atoms with Crippen molar-refractivity contribution in [3.8, 4) is 11.3 Å². The number of aromatic nitrogens is 3. The average molecular weight is 454 g/mol. The van der Waals surface area contributed by atoms with Gasteiger partial charge in [0.15, 0.2) is 11.5 Å². The topological polar surface area (TPSA) is 111 Å². The predicted molar refractivity (Wildman–Crippen MR) is 119 cm³/mol. The molecule has 2 aliphatic rings. The van der Waals surface area contributed by atoms with Gasteiger partial charge in [-0.1, -0.05) is 35.5 Å². The van der Waals surface area contributed by atoms with Crippen LogP contribution in [0.4, 0.5) is 5.82 Å². The number of nitrogens with one attached hydrogen (secondary N) is 2. The number of benzene rings is 1. The largest absolute Gasteiger partial charge is 0.376 e. The first-order chi connectivity index (χ1) is 15.7. The maximum Gasteiger partial charge on any atom is 0.279 e. The Morgan fingerprint density at radius 2 is 2.09 bits per heavy atom. The number of nitrogens with zero attached hydrogens (tertiary/aromatic N) is 3. The summed E-state index contributed by atoms with van der Waals surface area (Å²) in [6.07, 6.45) is 2.05. The molecule has 166 valence electrons. The van der Waals surface area contributed by atoms with Crippen LogP contribution in [-0.2, 0) is 27.6 Å². The van der Waals surface area contributed by atoms with E-state index < -0.39 is 5.91 Å². The lowest BCUT2D eigenvalue weighted by Crippen LogP contribution is -2.34. The summed E-state index contributed by atoms with van der Waals surface area (Å²) in [5, 5.41) is 14.3. The summed E-state index contributed by atoms with van der Waals surface area (Å²) in [5.74, 6) is 1.96. The first-order valence-electron chi connectivity index (χ1n) is 10.6. The molecule has 32 heavy (non-hydrogen) atoms. The lowest BCUT2D eigenvalue weighted by atomic mass is 10.1. The number of anilines is 1. The van der Waals surface area contributed by atoms with Gasteiger partial charge >= 0.3 is 0 Å². The Morgan fingerprint density at radius 1 is 1.22 bits per heavy atom. The maximum atomic E-state index is 12.9. The van der Waals surface area contributed by atoms with Gasteiger partial charge in [-0.2, -0.15) is 16.9 Å². The lowest BCUT2D eigenvalue weighted by molar-refractivity contribution is -0.122. The van der Waals surface area contributed by atoms with Crippen LogP contribution in [0, 0.1) is 0 Å². The van der Waals surface area contributed by atoms with E-state index in [1.807, 2.05) is 30.3 Å². The standard InChI is InChI=1S/C22H23N5O4S/c28-20(23-10-15-7-4-8-30-15)11-27-21(16-12-32-13-18(16)25-27)24-22(29)17-9-19(31-26-17)14-5-2-1-3-6-14/h1-3,5-6,9,15H,4,7-8,10-13H2,(H,23,28)(H,24,29). The third-order valence-corrected chi connectivity index (χ3v) is 6.47. The maximum absolute atomic E-state index is 12.9. The fourth-order valence-electron chi connectivity index (χ4n) is 3.84. The van der Waals surface area contributed by atoms with Crippen molar-refractivity contribution in [2.75, 3.05) is 18.5 Å². The first-order valence-corrected chi connectivity index (χ1v) is 11.7. The van der Waals surface area contributed by atoms with Gasteiger partial charge in [-0.05, 0) is 12.8 Å². The number of ether oxygens (including phenoxy) is 1. The molecular formula is C22H23N5O4S. The van der Waals surface area contributed by atoms with E-state index in [1.54, 1.807) is 22.5 Å². The zero-order valence-corrected chi connectivity index (χ0v) is 18.2. The van der Waals surface area contributed by atoms with Crippen molar-refractivity contribution in [1.82, 2.24) is 20.3 Å². The summed E-state index contributed by atoms with van der Waals surface area (Å²) in [7, 11) is 0. The van der Waals surface area contributed by atoms with Gasteiger partial charge in [-0.15, -0.1) is 0 Å². The van der Waals surface area contributed by atoms with E-state index in [1.165, 1.54) is 0 Å². The molecule has 4 heterocycles. The van der Waals surface area contributed by atoms with E-state index >= 15 is 0 Å². The molecule has 3 aromatic rings. The molecule has 1 aromatic carbocycles. The molecule has 1 fully saturated rings. The molecule has 0 aliphatic carbocycles. The molecule has 2 amide bonds. The summed E-state index contributed by atoms with van der Waals surface area (Å²) in [4.78, 5) is 25.4. The minimum absolute atomic E-state index is 0.0219. The van der Waals surface area contributed by atoms with Gasteiger partial charge in [-0.25, -0.2) is 4.68 Å². The number of amides is 2. The molecule has 0 bridgehead atoms. The second kappa shape index (κ2) is 9.17. The van der Waals surface area contributed by atoms with E-state index in [-0.39, 0.29) is 24.2 Å². The molecule has 9 nitrogen and oxygen atoms in total. The van der Waals surface area contributed by atoms with Gasteiger partial charge in [0.1, 0.15) is 12.4 Å². The number of hydrogen-bond acceptors (Lipinski definition) is 7. The van der Waals surface area contributed by atoms with Crippen molar-refractivity contribution < 1.29 is 18.8 Å². The van der Waals surface area contributed by atoms with Crippen LogP contribution in [0.15, 0.2) is 40.9 Å². The summed E-state index contributed by atoms with van der Waals surface area (Å²) in [6.45, 7) is 1.25. The SMILES string of the molecule is O=C(Cn1nc2c(c1NC(=O)c1cc(-c3ccccc3)on1)CSC2)NCC1CCCO1. The Hall–Kier alpha value is -3.11. The average Bonchev–Trinajstić information content (AvgIpc) is 3.60. The van der Waals surface area contributed by atoms with Crippen LogP contribution in [0.25, 0.3) is 11.3 Å². The highest BCUT2D eigenvalue weighted by Gasteiger charge is 2.26. The van der Waals surface area contributed by atoms with E-state index in [9.17, 15) is 9.59 Å². The third-order valence-electron chi connectivity index (χ3n) is 5.50. The highest BCUT2D eigenvalue weighted by Crippen LogP contribution is 2.35. The Kier molecular flexibility index (Phi) is 5.95. The highest BCUT2D eigenvalue weighted by molar-refractivity contribution is 7.98. The van der Waals surface area contributed by atoms with Crippen molar-refractivity contribution in [3.63, 3.8) is 0 Å². The number of thioether (sulfide) groups is 1. The van der Waals surface area contributed by atoms with Gasteiger partial charge in [0.05, 0.1) is 11.8 Å². The Morgan fingerprint density at radius 3 is 2.91 bits per heavy atom. The Bertz CT molecular complexity index is 1120. The minimum atomic E-state index is -0.406. The minimum Gasteiger partial charge on any atom is -0.376 e. The normalized spacial score (nSPS) is 17.3. The molecular weight excluding hydrogens is 430 g/mol. The van der Waals surface area contributed by atoms with Gasteiger partial charge in [0.2, 0.25) is 5.91 Å². The van der Waals surface area contributed by atoms with Crippen molar-refractivity contribution >= 4 is 29.4 Å². The molecule has 0 spiro atoms. The summed E-state index contributed by atoms with van der Waals surface area (Å²) in [5.41, 5.74) is 2.84. The Labute approximate surface area is 188 Å². The van der Waals surface area contributed by atoms with E-state index in [4.69, 9.17) is 9.26 Å². The molecule has 2 N–H and O–H groups in total. The van der Waals surface area contributed by atoms with Crippen LogP contribution in [0.2, 0.25) is 0 Å². The molecule has 10 heteroatoms. The van der Waals surface area contributed by atoms with Crippen molar-refractivity contribution in [2.45, 2.75) is 37.0 Å². The van der Waals surface area contributed by atoms with Crippen molar-refractivity contribution in [1.29, 1.82) is 0 Å². The molecule has 0 saturated carbocycles. The lowest BCUT2D eigenvalue weighted by Gasteiger charge is -2.13. The number of carbonyl (C=O) groups is 2. The third kappa shape index (κ3) is 4.42. The zero-order chi connectivity index (χ0) is 21.9. The van der Waals surface area contributed by atoms with Crippen molar-refractivity contribution in [3.05, 3.63) is 53.3 Å². The quantitative estimate of drug-likeness (QED) is 0.566. The van der Waals surface area contributed by atoms with Gasteiger partial charge in [0, 0.05) is 41.9 Å². The smallest absolute Gasteiger partial charge is 0.279 e. The molecule has 1 atom stereocenters. The molecule has 5 rings (SSSR count). The van der Waals surface area contributed by atoms with E-state index in [0.717, 1.165) is 47.8 Å². The predicted octanol–water partition coefficient (Wildman–Crippen LogP) is 2.83. The van der Waals surface area contributed by atoms with Crippen LogP contribution >= 0.6 is 11.8 Å². The summed E-state index contributed by atoms with van der Waals surface area (Å²) < 4.78 is 12.5. The van der Waals surface area contributed by atoms with E-state index in [0.29, 0.717) is 18.1 Å². The fourth-order valence-corrected chi connectivity index (χ4v) is 4.87. The van der Waals surface area contributed by atoms with Crippen LogP contribution in [-0.4, -0.2) is 46.0 Å². The number of hydrogen-bond donors (Lipinski definition) is 2. The monoisotopic (exact) mass is 453 g/mol. The number of rotatable bonds is 7. The van der Waals surface area contributed by atoms with Gasteiger partial charge in [0.25, 0.3) is 5.91 Å². The molecule has 2 aliphatic heterocycles. The summed E-state index contributed by atoms with van der Waals surface area (Å²) >= 11 is 1.72. The molecule has 0 radical (unpaired) electrons. The highest BCUT2D eigenvalue weighted by atomic mass is 32.2. The molecule has 1 unspecified atom stereocenters. The van der Waals surface area contributed by atoms with Crippen LogP contribution < -0.4 is 10.6 Å². The fraction of sp³-hybridized carbons (Fsp3) is 0.364. The second-order valence-corrected chi connectivity index (χ2v) is 8.75. The Balaban J connectivity index is 1.29. The second-order valence-electron chi connectivity index (χ2n) is 7.76. The van der Waals surface area contributed by atoms with Crippen LogP contribution in [0.1, 0.15) is 34.6 Å². The first kappa shape index (κ1) is 20.8. The van der Waals surface area contributed by atoms with Crippen LogP contribution in [0.5, 0.6) is 0 Å². The molecule has 1 saturated heterocycles. The van der Waals surface area contributed by atoms with Gasteiger partial charge < -0.3 is 19.9 Å².